The van der Waals surface area contributed by atoms with Crippen molar-refractivity contribution in [3.05, 3.63) is 28.8 Å². The van der Waals surface area contributed by atoms with Gasteiger partial charge in [-0.1, -0.05) is 26.8 Å². The second-order valence-corrected chi connectivity index (χ2v) is 8.78. The largest absolute Gasteiger partial charge is 0.496 e. The van der Waals surface area contributed by atoms with Gasteiger partial charge in [0, 0.05) is 32.6 Å². The van der Waals surface area contributed by atoms with Crippen LogP contribution in [0.25, 0.3) is 0 Å². The second-order valence-electron chi connectivity index (χ2n) is 8.78. The van der Waals surface area contributed by atoms with Gasteiger partial charge in [0.1, 0.15) is 5.75 Å². The maximum atomic E-state index is 12.8. The lowest BCUT2D eigenvalue weighted by Gasteiger charge is -2.26. The lowest BCUT2D eigenvalue weighted by Crippen LogP contribution is -2.38. The molecule has 2 amide bonds. The molecule has 27 heavy (non-hydrogen) atoms. The molecular formula is C22H34N2O3. The topological polar surface area (TPSA) is 49.9 Å². The van der Waals surface area contributed by atoms with E-state index in [0.717, 1.165) is 35.4 Å². The van der Waals surface area contributed by atoms with Crippen LogP contribution < -0.4 is 4.74 Å². The highest BCUT2D eigenvalue weighted by Crippen LogP contribution is 2.24. The minimum Gasteiger partial charge on any atom is -0.496 e. The Morgan fingerprint density at radius 1 is 0.963 bits per heavy atom. The normalized spacial score (nSPS) is 15.5. The lowest BCUT2D eigenvalue weighted by molar-refractivity contribution is -0.134. The van der Waals surface area contributed by atoms with Crippen LogP contribution in [0, 0.1) is 19.3 Å². The third-order valence-electron chi connectivity index (χ3n) is 5.08. The number of benzene rings is 1. The number of ether oxygens (including phenoxy) is 1. The zero-order chi connectivity index (χ0) is 20.2. The maximum absolute atomic E-state index is 12.8. The Kier molecular flexibility index (Phi) is 6.90. The minimum absolute atomic E-state index is 0.0113. The number of hydrogen-bond acceptors (Lipinski definition) is 3. The number of methoxy groups -OCH3 is 1. The van der Waals surface area contributed by atoms with Crippen molar-refractivity contribution >= 4 is 11.8 Å². The minimum atomic E-state index is -0.0113. The SMILES string of the molecule is COc1cc(C)c(CC(=O)N2CCCN(C(=O)CC(C)(C)C)CC2)cc1C. The molecule has 5 heteroatoms. The van der Waals surface area contributed by atoms with Crippen LogP contribution in [-0.4, -0.2) is 54.9 Å². The zero-order valence-corrected chi connectivity index (χ0v) is 17.7. The summed E-state index contributed by atoms with van der Waals surface area (Å²) in [7, 11) is 1.66. The van der Waals surface area contributed by atoms with E-state index in [1.165, 1.54) is 0 Å². The molecule has 2 rings (SSSR count). The Hall–Kier alpha value is -2.04. The number of aryl methyl sites for hydroxylation is 2. The van der Waals surface area contributed by atoms with Crippen LogP contribution in [0.15, 0.2) is 12.1 Å². The van der Waals surface area contributed by atoms with E-state index in [9.17, 15) is 9.59 Å². The molecule has 0 radical (unpaired) electrons. The fraction of sp³-hybridized carbons (Fsp3) is 0.636. The van der Waals surface area contributed by atoms with Gasteiger partial charge in [-0.15, -0.1) is 0 Å². The molecule has 0 aromatic heterocycles. The Bertz CT molecular complexity index is 692. The molecule has 1 aromatic carbocycles. The van der Waals surface area contributed by atoms with E-state index >= 15 is 0 Å². The Labute approximate surface area is 163 Å². The molecule has 0 aliphatic carbocycles. The molecule has 0 bridgehead atoms. The third kappa shape index (κ3) is 5.98. The molecule has 0 N–H and O–H groups in total. The van der Waals surface area contributed by atoms with Gasteiger partial charge in [-0.25, -0.2) is 0 Å². The Morgan fingerprint density at radius 2 is 1.56 bits per heavy atom. The molecule has 1 saturated heterocycles. The van der Waals surface area contributed by atoms with Crippen LogP contribution in [-0.2, 0) is 16.0 Å². The van der Waals surface area contributed by atoms with Crippen molar-refractivity contribution in [2.24, 2.45) is 5.41 Å². The third-order valence-corrected chi connectivity index (χ3v) is 5.08. The molecule has 0 saturated carbocycles. The van der Waals surface area contributed by atoms with E-state index in [4.69, 9.17) is 4.74 Å². The average molecular weight is 375 g/mol. The average Bonchev–Trinajstić information content (AvgIpc) is 2.82. The number of nitrogens with zero attached hydrogens (tertiary/aromatic N) is 2. The molecule has 1 aromatic rings. The highest BCUT2D eigenvalue weighted by Gasteiger charge is 2.25. The highest BCUT2D eigenvalue weighted by atomic mass is 16.5. The molecule has 1 aliphatic heterocycles. The number of hydrogen-bond donors (Lipinski definition) is 0. The fourth-order valence-electron chi connectivity index (χ4n) is 3.52. The predicted octanol–water partition coefficient (Wildman–Crippen LogP) is 3.35. The second kappa shape index (κ2) is 8.77. The van der Waals surface area contributed by atoms with Crippen molar-refractivity contribution in [1.82, 2.24) is 9.80 Å². The van der Waals surface area contributed by atoms with Crippen LogP contribution in [0.5, 0.6) is 5.75 Å². The van der Waals surface area contributed by atoms with E-state index in [2.05, 4.69) is 20.8 Å². The summed E-state index contributed by atoms with van der Waals surface area (Å²) >= 11 is 0. The molecule has 5 nitrogen and oxygen atoms in total. The summed E-state index contributed by atoms with van der Waals surface area (Å²) in [6, 6.07) is 4.04. The quantitative estimate of drug-likeness (QED) is 0.812. The van der Waals surface area contributed by atoms with Crippen LogP contribution >= 0.6 is 0 Å². The summed E-state index contributed by atoms with van der Waals surface area (Å²) in [4.78, 5) is 29.1. The molecule has 0 atom stereocenters. The molecule has 0 spiro atoms. The number of carbonyl (C=O) groups excluding carboxylic acids is 2. The first-order chi connectivity index (χ1) is 12.6. The van der Waals surface area contributed by atoms with Gasteiger partial charge >= 0.3 is 0 Å². The standard InChI is InChI=1S/C22H34N2O3/c1-16-13-19(27-6)17(2)12-18(16)14-20(25)23-8-7-9-24(11-10-23)21(26)15-22(3,4)5/h12-13H,7-11,14-15H2,1-6H3. The summed E-state index contributed by atoms with van der Waals surface area (Å²) in [5, 5.41) is 0. The molecule has 0 unspecified atom stereocenters. The van der Waals surface area contributed by atoms with Gasteiger partial charge in [-0.2, -0.15) is 0 Å². The van der Waals surface area contributed by atoms with Gasteiger partial charge in [0.05, 0.1) is 13.5 Å². The van der Waals surface area contributed by atoms with Crippen LogP contribution in [0.3, 0.4) is 0 Å². The van der Waals surface area contributed by atoms with E-state index in [1.807, 2.05) is 35.8 Å². The van der Waals surface area contributed by atoms with Crippen molar-refractivity contribution in [1.29, 1.82) is 0 Å². The van der Waals surface area contributed by atoms with Gasteiger partial charge in [0.2, 0.25) is 11.8 Å². The summed E-state index contributed by atoms with van der Waals surface area (Å²) in [5.74, 6) is 1.18. The van der Waals surface area contributed by atoms with Crippen LogP contribution in [0.1, 0.15) is 50.3 Å². The monoisotopic (exact) mass is 374 g/mol. The zero-order valence-electron chi connectivity index (χ0n) is 17.7. The van der Waals surface area contributed by atoms with Crippen molar-refractivity contribution in [2.45, 2.75) is 53.9 Å². The molecular weight excluding hydrogens is 340 g/mol. The van der Waals surface area contributed by atoms with E-state index < -0.39 is 0 Å². The first-order valence-corrected chi connectivity index (χ1v) is 9.80. The first-order valence-electron chi connectivity index (χ1n) is 9.80. The highest BCUT2D eigenvalue weighted by molar-refractivity contribution is 5.80. The van der Waals surface area contributed by atoms with Gasteiger partial charge in [-0.05, 0) is 48.4 Å². The summed E-state index contributed by atoms with van der Waals surface area (Å²) in [6.07, 6.45) is 1.78. The maximum Gasteiger partial charge on any atom is 0.227 e. The number of rotatable bonds is 4. The molecule has 1 aliphatic rings. The van der Waals surface area contributed by atoms with Gasteiger partial charge < -0.3 is 14.5 Å². The number of carbonyl (C=O) groups is 2. The van der Waals surface area contributed by atoms with Crippen LogP contribution in [0.4, 0.5) is 0 Å². The van der Waals surface area contributed by atoms with Crippen molar-refractivity contribution in [3.63, 3.8) is 0 Å². The van der Waals surface area contributed by atoms with Crippen molar-refractivity contribution in [2.75, 3.05) is 33.3 Å². The van der Waals surface area contributed by atoms with Gasteiger partial charge in [-0.3, -0.25) is 9.59 Å². The molecule has 1 heterocycles. The van der Waals surface area contributed by atoms with Crippen molar-refractivity contribution < 1.29 is 14.3 Å². The van der Waals surface area contributed by atoms with Crippen LogP contribution in [0.2, 0.25) is 0 Å². The molecule has 150 valence electrons. The van der Waals surface area contributed by atoms with E-state index in [0.29, 0.717) is 32.5 Å². The predicted molar refractivity (Wildman–Crippen MR) is 108 cm³/mol. The summed E-state index contributed by atoms with van der Waals surface area (Å²) in [5.41, 5.74) is 3.15. The summed E-state index contributed by atoms with van der Waals surface area (Å²) in [6.45, 7) is 12.9. The van der Waals surface area contributed by atoms with Gasteiger partial charge in [0.25, 0.3) is 0 Å². The van der Waals surface area contributed by atoms with Crippen molar-refractivity contribution in [3.8, 4) is 5.75 Å². The fourth-order valence-corrected chi connectivity index (χ4v) is 3.52. The lowest BCUT2D eigenvalue weighted by atomic mass is 9.91. The number of amides is 2. The Balaban J connectivity index is 1.98. The molecule has 1 fully saturated rings. The Morgan fingerprint density at radius 3 is 2.11 bits per heavy atom. The smallest absolute Gasteiger partial charge is 0.227 e. The first kappa shape index (κ1) is 21.3. The van der Waals surface area contributed by atoms with Gasteiger partial charge in [0.15, 0.2) is 0 Å². The summed E-state index contributed by atoms with van der Waals surface area (Å²) < 4.78 is 5.35. The van der Waals surface area contributed by atoms with E-state index in [-0.39, 0.29) is 17.2 Å². The van der Waals surface area contributed by atoms with E-state index in [1.54, 1.807) is 7.11 Å².